The van der Waals surface area contributed by atoms with E-state index in [-0.39, 0.29) is 10.8 Å². The fourth-order valence-corrected chi connectivity index (χ4v) is 1.22. The fourth-order valence-electron chi connectivity index (χ4n) is 0.997. The van der Waals surface area contributed by atoms with Gasteiger partial charge in [0.1, 0.15) is 0 Å². The van der Waals surface area contributed by atoms with Crippen LogP contribution in [0.4, 0.5) is 0 Å². The number of carbonyl (C=O) groups excluding carboxylic acids is 1. The molecule has 0 saturated heterocycles. The van der Waals surface area contributed by atoms with Crippen molar-refractivity contribution >= 4 is 17.6 Å². The summed E-state index contributed by atoms with van der Waals surface area (Å²) >= 11 is 6.02. The number of alkyl halides is 1. The number of hydrogen-bond acceptors (Lipinski definition) is 2. The normalized spacial score (nSPS) is 16.2. The molecule has 0 aliphatic heterocycles. The Hall–Kier alpha value is -0.500. The maximum absolute atomic E-state index is 9.75. The van der Waals surface area contributed by atoms with Gasteiger partial charge >= 0.3 is 5.97 Å². The molecule has 1 saturated carbocycles. The Morgan fingerprint density at radius 1 is 1.64 bits per heavy atom. The maximum atomic E-state index is 9.75. The average molecular weight is 219 g/mol. The summed E-state index contributed by atoms with van der Waals surface area (Å²) in [5.41, 5.74) is 0. The maximum Gasteiger partial charge on any atom is 0.307 e. The van der Waals surface area contributed by atoms with Crippen LogP contribution in [0.1, 0.15) is 46.0 Å². The Morgan fingerprint density at radius 2 is 2.21 bits per heavy atom. The third-order valence-corrected chi connectivity index (χ3v) is 2.59. The van der Waals surface area contributed by atoms with E-state index in [9.17, 15) is 4.79 Å². The first-order valence-corrected chi connectivity index (χ1v) is 5.39. The lowest BCUT2D eigenvalue weighted by molar-refractivity contribution is -0.135. The molecule has 0 aromatic carbocycles. The van der Waals surface area contributed by atoms with Gasteiger partial charge in [-0.2, -0.15) is 0 Å². The number of rotatable bonds is 4. The van der Waals surface area contributed by atoms with Crippen LogP contribution in [0.2, 0.25) is 0 Å². The van der Waals surface area contributed by atoms with E-state index >= 15 is 0 Å². The van der Waals surface area contributed by atoms with Crippen LogP contribution >= 0.6 is 11.6 Å². The second-order valence-electron chi connectivity index (χ2n) is 3.53. The summed E-state index contributed by atoms with van der Waals surface area (Å²) in [6.45, 7) is 6.69. The predicted octanol–water partition coefficient (Wildman–Crippen LogP) is 3.64. The van der Waals surface area contributed by atoms with Crippen molar-refractivity contribution < 1.29 is 9.53 Å². The Kier molecular flexibility index (Phi) is 6.64. The van der Waals surface area contributed by atoms with Gasteiger partial charge in [-0.05, 0) is 19.3 Å². The SMILES string of the molecule is C=COC(C)=O.CCCCC1(Cl)CC1. The molecule has 3 heteroatoms. The highest BCUT2D eigenvalue weighted by Crippen LogP contribution is 2.46. The summed E-state index contributed by atoms with van der Waals surface area (Å²) in [6, 6.07) is 0. The lowest BCUT2D eigenvalue weighted by Gasteiger charge is -2.01. The van der Waals surface area contributed by atoms with Crippen molar-refractivity contribution in [3.63, 3.8) is 0 Å². The molecule has 1 fully saturated rings. The molecule has 0 amide bonds. The number of unbranched alkanes of at least 4 members (excludes halogenated alkanes) is 1. The van der Waals surface area contributed by atoms with Crippen LogP contribution in [0, 0.1) is 0 Å². The van der Waals surface area contributed by atoms with E-state index in [1.807, 2.05) is 0 Å². The zero-order chi connectivity index (χ0) is 11.0. The van der Waals surface area contributed by atoms with Crippen LogP contribution in [-0.2, 0) is 9.53 Å². The van der Waals surface area contributed by atoms with Gasteiger partial charge in [-0.15, -0.1) is 11.6 Å². The molecular weight excluding hydrogens is 200 g/mol. The molecule has 0 atom stereocenters. The largest absolute Gasteiger partial charge is 0.435 e. The van der Waals surface area contributed by atoms with E-state index in [0.29, 0.717) is 0 Å². The van der Waals surface area contributed by atoms with E-state index in [1.165, 1.54) is 39.0 Å². The average Bonchev–Trinajstić information content (AvgIpc) is 2.82. The van der Waals surface area contributed by atoms with Gasteiger partial charge in [-0.25, -0.2) is 0 Å². The van der Waals surface area contributed by atoms with Gasteiger partial charge in [0.15, 0.2) is 0 Å². The Balaban J connectivity index is 0.000000255. The fraction of sp³-hybridized carbons (Fsp3) is 0.727. The minimum Gasteiger partial charge on any atom is -0.435 e. The quantitative estimate of drug-likeness (QED) is 0.409. The number of hydrogen-bond donors (Lipinski definition) is 0. The summed E-state index contributed by atoms with van der Waals surface area (Å²) < 4.78 is 4.17. The van der Waals surface area contributed by atoms with Crippen molar-refractivity contribution in [3.8, 4) is 0 Å². The van der Waals surface area contributed by atoms with Gasteiger partial charge in [0.05, 0.1) is 6.26 Å². The van der Waals surface area contributed by atoms with Crippen molar-refractivity contribution in [2.75, 3.05) is 0 Å². The predicted molar refractivity (Wildman–Crippen MR) is 59.3 cm³/mol. The first-order valence-electron chi connectivity index (χ1n) is 5.01. The summed E-state index contributed by atoms with van der Waals surface area (Å²) in [5, 5.41) is 0. The van der Waals surface area contributed by atoms with Crippen LogP contribution in [-0.4, -0.2) is 10.8 Å². The van der Waals surface area contributed by atoms with E-state index in [0.717, 1.165) is 6.26 Å². The molecule has 0 aromatic rings. The highest BCUT2D eigenvalue weighted by atomic mass is 35.5. The molecule has 82 valence electrons. The van der Waals surface area contributed by atoms with Crippen molar-refractivity contribution in [3.05, 3.63) is 12.8 Å². The molecule has 0 heterocycles. The van der Waals surface area contributed by atoms with E-state index < -0.39 is 0 Å². The van der Waals surface area contributed by atoms with Crippen molar-refractivity contribution in [1.82, 2.24) is 0 Å². The molecule has 0 aromatic heterocycles. The van der Waals surface area contributed by atoms with Gasteiger partial charge in [-0.1, -0.05) is 26.3 Å². The van der Waals surface area contributed by atoms with Gasteiger partial charge in [0.25, 0.3) is 0 Å². The van der Waals surface area contributed by atoms with E-state index in [1.54, 1.807) is 0 Å². The molecule has 1 aliphatic carbocycles. The van der Waals surface area contributed by atoms with E-state index in [4.69, 9.17) is 11.6 Å². The van der Waals surface area contributed by atoms with Crippen molar-refractivity contribution in [1.29, 1.82) is 0 Å². The van der Waals surface area contributed by atoms with Gasteiger partial charge in [0.2, 0.25) is 0 Å². The molecule has 2 nitrogen and oxygen atoms in total. The molecule has 0 N–H and O–H groups in total. The third-order valence-electron chi connectivity index (χ3n) is 2.02. The van der Waals surface area contributed by atoms with Gasteiger partial charge in [0, 0.05) is 11.8 Å². The molecular formula is C11H19ClO2. The van der Waals surface area contributed by atoms with Crippen LogP contribution in [0.5, 0.6) is 0 Å². The first kappa shape index (κ1) is 13.5. The number of halogens is 1. The summed E-state index contributed by atoms with van der Waals surface area (Å²) in [5.74, 6) is -0.329. The summed E-state index contributed by atoms with van der Waals surface area (Å²) in [4.78, 5) is 10.0. The molecule has 14 heavy (non-hydrogen) atoms. The van der Waals surface area contributed by atoms with Crippen molar-refractivity contribution in [2.24, 2.45) is 0 Å². The molecule has 0 radical (unpaired) electrons. The highest BCUT2D eigenvalue weighted by Gasteiger charge is 2.39. The number of carbonyl (C=O) groups is 1. The molecule has 1 rings (SSSR count). The first-order chi connectivity index (χ1) is 6.54. The van der Waals surface area contributed by atoms with Crippen LogP contribution in [0.3, 0.4) is 0 Å². The Labute approximate surface area is 91.3 Å². The smallest absolute Gasteiger partial charge is 0.307 e. The zero-order valence-corrected chi connectivity index (χ0v) is 9.77. The van der Waals surface area contributed by atoms with Crippen LogP contribution in [0.25, 0.3) is 0 Å². The molecule has 0 bridgehead atoms. The minimum absolute atomic E-state index is 0.274. The highest BCUT2D eigenvalue weighted by molar-refractivity contribution is 6.25. The number of esters is 1. The summed E-state index contributed by atoms with van der Waals surface area (Å²) in [7, 11) is 0. The Morgan fingerprint density at radius 3 is 2.43 bits per heavy atom. The topological polar surface area (TPSA) is 26.3 Å². The second-order valence-corrected chi connectivity index (χ2v) is 4.33. The monoisotopic (exact) mass is 218 g/mol. The van der Waals surface area contributed by atoms with Crippen LogP contribution in [0.15, 0.2) is 12.8 Å². The second kappa shape index (κ2) is 6.88. The lowest BCUT2D eigenvalue weighted by atomic mass is 10.2. The summed E-state index contributed by atoms with van der Waals surface area (Å²) in [6.07, 6.45) is 7.45. The molecule has 0 unspecified atom stereocenters. The zero-order valence-electron chi connectivity index (χ0n) is 9.01. The standard InChI is InChI=1S/C7H13Cl.C4H6O2/c1-2-3-4-7(8)5-6-7;1-3-6-4(2)5/h2-6H2,1H3;3H,1H2,2H3. The minimum atomic E-state index is -0.329. The molecule has 0 spiro atoms. The third kappa shape index (κ3) is 8.11. The lowest BCUT2D eigenvalue weighted by Crippen LogP contribution is -1.94. The van der Waals surface area contributed by atoms with Gasteiger partial charge < -0.3 is 4.74 Å². The molecule has 1 aliphatic rings. The number of ether oxygens (including phenoxy) is 1. The van der Waals surface area contributed by atoms with Crippen LogP contribution < -0.4 is 0 Å². The van der Waals surface area contributed by atoms with Gasteiger partial charge in [-0.3, -0.25) is 4.79 Å². The van der Waals surface area contributed by atoms with Crippen molar-refractivity contribution in [2.45, 2.75) is 50.8 Å². The Bertz CT molecular complexity index is 186. The van der Waals surface area contributed by atoms with E-state index in [2.05, 4.69) is 18.2 Å².